The average molecular weight is 663 g/mol. The summed E-state index contributed by atoms with van der Waals surface area (Å²) < 4.78 is 5.28. The first-order valence-electron chi connectivity index (χ1n) is 18.2. The summed E-state index contributed by atoms with van der Waals surface area (Å²) in [6.07, 6.45) is 2.41. The largest absolute Gasteiger partial charge is 0.376 e. The summed E-state index contributed by atoms with van der Waals surface area (Å²) >= 11 is 1.92. The maximum atomic E-state index is 2.79. The van der Waals surface area contributed by atoms with Crippen molar-refractivity contribution in [1.29, 1.82) is 0 Å². The van der Waals surface area contributed by atoms with Crippen molar-refractivity contribution in [3.63, 3.8) is 0 Å². The van der Waals surface area contributed by atoms with Gasteiger partial charge in [0.1, 0.15) is 0 Å². The molecule has 0 saturated heterocycles. The lowest BCUT2D eigenvalue weighted by atomic mass is 9.43. The summed E-state index contributed by atoms with van der Waals surface area (Å²) in [6.45, 7) is 14.6. The maximum Gasteiger partial charge on any atom is 0.333 e. The molecule has 2 aliphatic heterocycles. The Morgan fingerprint density at radius 3 is 2.28 bits per heavy atom. The van der Waals surface area contributed by atoms with Crippen LogP contribution in [0.25, 0.3) is 58.8 Å². The zero-order chi connectivity index (χ0) is 33.8. The Hall–Kier alpha value is -4.80. The highest BCUT2D eigenvalue weighted by Crippen LogP contribution is 2.54. The number of hydrogen-bond donors (Lipinski definition) is 0. The lowest BCUT2D eigenvalue weighted by Gasteiger charge is -2.46. The van der Waals surface area contributed by atoms with E-state index < -0.39 is 0 Å². The minimum Gasteiger partial charge on any atom is -0.376 e. The van der Waals surface area contributed by atoms with E-state index in [0.717, 1.165) is 0 Å². The Bertz CT molecular complexity index is 2810. The van der Waals surface area contributed by atoms with Crippen molar-refractivity contribution in [3.05, 3.63) is 125 Å². The SMILES string of the molecule is Cc1cc2c3c(c1)-n1c4ccccc4c4cccc(c41)B3N(c1ccc3c(c1C)C(C)(C)CCC3(C)C)c1c-2ccc2sc3ccccc3c12. The second kappa shape index (κ2) is 9.50. The number of hydrogen-bond acceptors (Lipinski definition) is 2. The van der Waals surface area contributed by atoms with Crippen molar-refractivity contribution >= 4 is 82.5 Å². The molecular formula is C46H39BN2S. The van der Waals surface area contributed by atoms with Gasteiger partial charge in [-0.1, -0.05) is 100 Å². The number of fused-ring (bicyclic) bond motifs is 12. The Balaban J connectivity index is 1.35. The molecule has 0 unspecified atom stereocenters. The first kappa shape index (κ1) is 29.0. The number of para-hydroxylation sites is 2. The number of nitrogens with zero attached hydrogens (tertiary/aromatic N) is 2. The smallest absolute Gasteiger partial charge is 0.333 e. The van der Waals surface area contributed by atoms with Gasteiger partial charge in [-0.05, 0) is 107 Å². The van der Waals surface area contributed by atoms with Gasteiger partial charge in [-0.15, -0.1) is 11.3 Å². The second-order valence-electron chi connectivity index (χ2n) is 16.4. The van der Waals surface area contributed by atoms with Gasteiger partial charge in [-0.2, -0.15) is 0 Å². The Morgan fingerprint density at radius 1 is 0.660 bits per heavy atom. The molecule has 11 rings (SSSR count). The molecule has 6 aromatic carbocycles. The molecule has 0 spiro atoms. The molecule has 4 heterocycles. The van der Waals surface area contributed by atoms with Crippen molar-refractivity contribution in [2.45, 2.75) is 65.2 Å². The molecule has 0 fully saturated rings. The van der Waals surface area contributed by atoms with Crippen molar-refractivity contribution in [1.82, 2.24) is 4.57 Å². The van der Waals surface area contributed by atoms with E-state index in [9.17, 15) is 0 Å². The van der Waals surface area contributed by atoms with Crippen molar-refractivity contribution in [3.8, 4) is 16.8 Å². The van der Waals surface area contributed by atoms with Crippen LogP contribution in [-0.2, 0) is 10.8 Å². The van der Waals surface area contributed by atoms with Crippen molar-refractivity contribution in [2.75, 3.05) is 4.81 Å². The lowest BCUT2D eigenvalue weighted by molar-refractivity contribution is 0.330. The molecule has 1 aliphatic carbocycles. The lowest BCUT2D eigenvalue weighted by Crippen LogP contribution is -2.61. The summed E-state index contributed by atoms with van der Waals surface area (Å²) in [5.41, 5.74) is 18.2. The van der Waals surface area contributed by atoms with Crippen molar-refractivity contribution < 1.29 is 0 Å². The third-order valence-corrected chi connectivity index (χ3v) is 13.8. The Kier molecular flexibility index (Phi) is 5.51. The van der Waals surface area contributed by atoms with Gasteiger partial charge in [0.2, 0.25) is 0 Å². The highest BCUT2D eigenvalue weighted by atomic mass is 32.1. The van der Waals surface area contributed by atoms with E-state index in [2.05, 4.69) is 154 Å². The fourth-order valence-electron chi connectivity index (χ4n) is 10.4. The summed E-state index contributed by atoms with van der Waals surface area (Å²) in [4.78, 5) is 2.79. The fourth-order valence-corrected chi connectivity index (χ4v) is 11.5. The normalized spacial score (nSPS) is 16.7. The summed E-state index contributed by atoms with van der Waals surface area (Å²) in [7, 11) is 0. The van der Waals surface area contributed by atoms with Crippen LogP contribution in [0.4, 0.5) is 11.4 Å². The fraction of sp³-hybridized carbons (Fsp3) is 0.217. The van der Waals surface area contributed by atoms with E-state index in [1.165, 1.54) is 111 Å². The van der Waals surface area contributed by atoms with Gasteiger partial charge in [0, 0.05) is 53.6 Å². The predicted molar refractivity (Wildman–Crippen MR) is 217 cm³/mol. The molecule has 0 amide bonds. The molecule has 4 heteroatoms. The number of anilines is 2. The molecule has 2 nitrogen and oxygen atoms in total. The minimum atomic E-state index is 0.0225. The first-order valence-corrected chi connectivity index (χ1v) is 19.0. The zero-order valence-corrected chi connectivity index (χ0v) is 30.4. The van der Waals surface area contributed by atoms with Crippen LogP contribution in [-0.4, -0.2) is 11.4 Å². The van der Waals surface area contributed by atoms with Gasteiger partial charge < -0.3 is 9.38 Å². The van der Waals surface area contributed by atoms with E-state index in [-0.39, 0.29) is 17.7 Å². The molecule has 0 radical (unpaired) electrons. The highest BCUT2D eigenvalue weighted by molar-refractivity contribution is 7.26. The molecule has 0 atom stereocenters. The summed E-state index contributed by atoms with van der Waals surface area (Å²) in [5, 5.41) is 5.39. The van der Waals surface area contributed by atoms with Crippen molar-refractivity contribution in [2.24, 2.45) is 0 Å². The Morgan fingerprint density at radius 2 is 1.42 bits per heavy atom. The molecule has 0 N–H and O–H groups in total. The molecule has 242 valence electrons. The molecule has 3 aliphatic rings. The van der Waals surface area contributed by atoms with Crippen LogP contribution in [0.15, 0.2) is 103 Å². The minimum absolute atomic E-state index is 0.0225. The topological polar surface area (TPSA) is 8.17 Å². The highest BCUT2D eigenvalue weighted by Gasteiger charge is 2.46. The third kappa shape index (κ3) is 3.50. The number of aryl methyl sites for hydroxylation is 1. The summed E-state index contributed by atoms with van der Waals surface area (Å²) in [5.74, 6) is 0. The van der Waals surface area contributed by atoms with Gasteiger partial charge in [-0.25, -0.2) is 0 Å². The van der Waals surface area contributed by atoms with Crippen LogP contribution in [0, 0.1) is 13.8 Å². The second-order valence-corrected chi connectivity index (χ2v) is 17.5. The summed E-state index contributed by atoms with van der Waals surface area (Å²) in [6, 6.07) is 39.8. The van der Waals surface area contributed by atoms with Crippen LogP contribution in [0.1, 0.15) is 62.8 Å². The van der Waals surface area contributed by atoms with Crippen LogP contribution in [0.5, 0.6) is 0 Å². The Labute approximate surface area is 298 Å². The number of thiophene rings is 1. The van der Waals surface area contributed by atoms with Gasteiger partial charge in [-0.3, -0.25) is 0 Å². The van der Waals surface area contributed by atoms with Crippen LogP contribution in [0.3, 0.4) is 0 Å². The third-order valence-electron chi connectivity index (χ3n) is 12.6. The monoisotopic (exact) mass is 662 g/mol. The van der Waals surface area contributed by atoms with Crippen LogP contribution in [0.2, 0.25) is 0 Å². The van der Waals surface area contributed by atoms with E-state index in [4.69, 9.17) is 0 Å². The van der Waals surface area contributed by atoms with E-state index >= 15 is 0 Å². The van der Waals surface area contributed by atoms with Crippen LogP contribution < -0.4 is 15.7 Å². The molecule has 8 aromatic rings. The maximum absolute atomic E-state index is 2.79. The van der Waals surface area contributed by atoms with E-state index in [0.29, 0.717) is 0 Å². The van der Waals surface area contributed by atoms with Crippen LogP contribution >= 0.6 is 11.3 Å². The van der Waals surface area contributed by atoms with E-state index in [1.54, 1.807) is 5.56 Å². The van der Waals surface area contributed by atoms with Gasteiger partial charge in [0.25, 0.3) is 0 Å². The predicted octanol–water partition coefficient (Wildman–Crippen LogP) is 11.4. The number of rotatable bonds is 1. The molecule has 0 bridgehead atoms. The zero-order valence-electron chi connectivity index (χ0n) is 29.6. The molecule has 0 saturated carbocycles. The number of benzene rings is 6. The average Bonchev–Trinajstić information content (AvgIpc) is 3.66. The molecular weight excluding hydrogens is 623 g/mol. The molecule has 50 heavy (non-hydrogen) atoms. The quantitative estimate of drug-likeness (QED) is 0.159. The van der Waals surface area contributed by atoms with Gasteiger partial charge in [0.05, 0.1) is 11.0 Å². The van der Waals surface area contributed by atoms with Gasteiger partial charge in [0.15, 0.2) is 0 Å². The molecule has 2 aromatic heterocycles. The van der Waals surface area contributed by atoms with Gasteiger partial charge >= 0.3 is 6.85 Å². The number of aromatic nitrogens is 1. The first-order chi connectivity index (χ1) is 24.1. The standard InChI is InChI=1S/C46H39BN2S/c1-26-24-32-30-18-21-39-40(31-13-8-10-17-38(31)50-39)44(30)49(35-20-19-33-41(27(35)2)46(5,6)23-22-45(33,3)4)47-34-15-11-14-29-28-12-7-9-16-36(28)48(43(29)34)37(25-26)42(32)47/h7-21,24-25H,22-23H2,1-6H3. The van der Waals surface area contributed by atoms with E-state index in [1.807, 2.05) is 11.3 Å².